The van der Waals surface area contributed by atoms with Gasteiger partial charge in [-0.1, -0.05) is 0 Å². The topological polar surface area (TPSA) is 74.3 Å². The number of nitrogen functional groups attached to an aromatic ring is 1. The number of morpholine rings is 1. The van der Waals surface area contributed by atoms with E-state index >= 15 is 0 Å². The highest BCUT2D eigenvalue weighted by Gasteiger charge is 2.09. The Morgan fingerprint density at radius 2 is 2.16 bits per heavy atom. The molecule has 0 amide bonds. The molecule has 1 aromatic carbocycles. The summed E-state index contributed by atoms with van der Waals surface area (Å²) in [4.78, 5) is 2.41. The lowest BCUT2D eigenvalue weighted by molar-refractivity contribution is 0.0378. The van der Waals surface area contributed by atoms with Crippen molar-refractivity contribution in [3.05, 3.63) is 23.8 Å². The summed E-state index contributed by atoms with van der Waals surface area (Å²) in [5.41, 5.74) is 8.01. The number of nitrogens with two attached hydrogens (primary N) is 1. The third kappa shape index (κ3) is 4.12. The summed E-state index contributed by atoms with van der Waals surface area (Å²) < 4.78 is 5.31. The predicted molar refractivity (Wildman–Crippen MR) is 75.9 cm³/mol. The number of hydrogen-bond donors (Lipinski definition) is 2. The Morgan fingerprint density at radius 1 is 1.37 bits per heavy atom. The predicted octanol–water partition coefficient (Wildman–Crippen LogP) is 1.27. The van der Waals surface area contributed by atoms with Crippen molar-refractivity contribution in [2.75, 3.05) is 50.4 Å². The second-order valence-corrected chi connectivity index (χ2v) is 4.65. The maximum Gasteiger partial charge on any atom is 0.0992 e. The smallest absolute Gasteiger partial charge is 0.0992 e. The molecule has 0 unspecified atom stereocenters. The Kier molecular flexibility index (Phi) is 5.01. The molecule has 1 aromatic rings. The first-order chi connectivity index (χ1) is 9.29. The van der Waals surface area contributed by atoms with Crippen molar-refractivity contribution in [2.24, 2.45) is 0 Å². The highest BCUT2D eigenvalue weighted by atomic mass is 16.5. The van der Waals surface area contributed by atoms with E-state index in [9.17, 15) is 0 Å². The van der Waals surface area contributed by atoms with Gasteiger partial charge in [-0.25, -0.2) is 0 Å². The van der Waals surface area contributed by atoms with E-state index in [0.29, 0.717) is 11.3 Å². The van der Waals surface area contributed by atoms with Crippen molar-refractivity contribution in [1.82, 2.24) is 4.90 Å². The lowest BCUT2D eigenvalue weighted by Gasteiger charge is -2.26. The molecule has 0 radical (unpaired) electrons. The van der Waals surface area contributed by atoms with Gasteiger partial charge in [0.15, 0.2) is 0 Å². The van der Waals surface area contributed by atoms with Gasteiger partial charge in [0.25, 0.3) is 0 Å². The van der Waals surface area contributed by atoms with Crippen LogP contribution >= 0.6 is 0 Å². The van der Waals surface area contributed by atoms with E-state index in [2.05, 4.69) is 16.3 Å². The zero-order chi connectivity index (χ0) is 13.5. The van der Waals surface area contributed by atoms with Crippen LogP contribution in [0.2, 0.25) is 0 Å². The molecule has 0 aromatic heterocycles. The molecule has 1 saturated heterocycles. The molecule has 2 rings (SSSR count). The second kappa shape index (κ2) is 6.98. The van der Waals surface area contributed by atoms with Crippen LogP contribution in [0, 0.1) is 11.3 Å². The fraction of sp³-hybridized carbons (Fsp3) is 0.500. The largest absolute Gasteiger partial charge is 0.397 e. The zero-order valence-corrected chi connectivity index (χ0v) is 11.1. The zero-order valence-electron chi connectivity index (χ0n) is 11.1. The minimum absolute atomic E-state index is 0.594. The lowest BCUT2D eigenvalue weighted by Crippen LogP contribution is -2.37. The normalized spacial score (nSPS) is 15.9. The average molecular weight is 260 g/mol. The molecule has 0 saturated carbocycles. The Labute approximate surface area is 114 Å². The Bertz CT molecular complexity index is 449. The van der Waals surface area contributed by atoms with E-state index in [4.69, 9.17) is 15.7 Å². The number of ether oxygens (including phenoxy) is 1. The molecule has 5 heteroatoms. The molecule has 3 N–H and O–H groups in total. The molecule has 1 heterocycles. The SMILES string of the molecule is N#Cc1ccc(NCCCN2CCOCC2)c(N)c1. The maximum atomic E-state index is 8.77. The molecule has 1 aliphatic heterocycles. The summed E-state index contributed by atoms with van der Waals surface area (Å²) in [6.07, 6.45) is 1.07. The minimum Gasteiger partial charge on any atom is -0.397 e. The number of rotatable bonds is 5. The van der Waals surface area contributed by atoms with Gasteiger partial charge < -0.3 is 15.8 Å². The first-order valence-corrected chi connectivity index (χ1v) is 6.63. The molecule has 19 heavy (non-hydrogen) atoms. The minimum atomic E-state index is 0.594. The van der Waals surface area contributed by atoms with Crippen LogP contribution in [0.5, 0.6) is 0 Å². The van der Waals surface area contributed by atoms with Crippen LogP contribution < -0.4 is 11.1 Å². The summed E-state index contributed by atoms with van der Waals surface area (Å²) in [6, 6.07) is 7.42. The van der Waals surface area contributed by atoms with Crippen LogP contribution in [0.25, 0.3) is 0 Å². The van der Waals surface area contributed by atoms with Gasteiger partial charge in [0.1, 0.15) is 0 Å². The fourth-order valence-corrected chi connectivity index (χ4v) is 2.14. The van der Waals surface area contributed by atoms with Gasteiger partial charge in [-0.15, -0.1) is 0 Å². The first-order valence-electron chi connectivity index (χ1n) is 6.63. The molecule has 1 fully saturated rings. The van der Waals surface area contributed by atoms with Crippen molar-refractivity contribution >= 4 is 11.4 Å². The Morgan fingerprint density at radius 3 is 2.84 bits per heavy atom. The molecule has 1 aliphatic rings. The summed E-state index contributed by atoms with van der Waals surface area (Å²) in [5, 5.41) is 12.1. The molecular weight excluding hydrogens is 240 g/mol. The van der Waals surface area contributed by atoms with Gasteiger partial charge in [0.05, 0.1) is 36.2 Å². The molecule has 0 aliphatic carbocycles. The van der Waals surface area contributed by atoms with Gasteiger partial charge in [-0.05, 0) is 31.2 Å². The first kappa shape index (κ1) is 13.7. The van der Waals surface area contributed by atoms with Gasteiger partial charge in [-0.2, -0.15) is 5.26 Å². The van der Waals surface area contributed by atoms with Crippen LogP contribution in [0.15, 0.2) is 18.2 Å². The highest BCUT2D eigenvalue weighted by molar-refractivity contribution is 5.68. The van der Waals surface area contributed by atoms with Crippen LogP contribution in [-0.4, -0.2) is 44.3 Å². The van der Waals surface area contributed by atoms with Crippen molar-refractivity contribution in [2.45, 2.75) is 6.42 Å². The lowest BCUT2D eigenvalue weighted by atomic mass is 10.2. The molecule has 5 nitrogen and oxygen atoms in total. The van der Waals surface area contributed by atoms with Crippen LogP contribution in [0.4, 0.5) is 11.4 Å². The number of hydrogen-bond acceptors (Lipinski definition) is 5. The summed E-state index contributed by atoms with van der Waals surface area (Å²) >= 11 is 0. The number of nitrogens with one attached hydrogen (secondary N) is 1. The third-order valence-electron chi connectivity index (χ3n) is 3.25. The Hall–Kier alpha value is -1.77. The molecule has 0 spiro atoms. The van der Waals surface area contributed by atoms with Crippen molar-refractivity contribution in [3.63, 3.8) is 0 Å². The van der Waals surface area contributed by atoms with Gasteiger partial charge >= 0.3 is 0 Å². The Balaban J connectivity index is 1.72. The third-order valence-corrected chi connectivity index (χ3v) is 3.25. The van der Waals surface area contributed by atoms with Gasteiger partial charge in [-0.3, -0.25) is 4.90 Å². The van der Waals surface area contributed by atoms with Gasteiger partial charge in [0, 0.05) is 19.6 Å². The summed E-state index contributed by atoms with van der Waals surface area (Å²) in [6.45, 7) is 5.70. The van der Waals surface area contributed by atoms with E-state index in [1.165, 1.54) is 0 Å². The maximum absolute atomic E-state index is 8.77. The second-order valence-electron chi connectivity index (χ2n) is 4.65. The van der Waals surface area contributed by atoms with Crippen LogP contribution in [0.3, 0.4) is 0 Å². The molecule has 102 valence electrons. The van der Waals surface area contributed by atoms with Crippen molar-refractivity contribution < 1.29 is 4.74 Å². The van der Waals surface area contributed by atoms with Crippen LogP contribution in [0.1, 0.15) is 12.0 Å². The molecule has 0 bridgehead atoms. The van der Waals surface area contributed by atoms with Gasteiger partial charge in [0.2, 0.25) is 0 Å². The summed E-state index contributed by atoms with van der Waals surface area (Å²) in [7, 11) is 0. The van der Waals surface area contributed by atoms with Crippen molar-refractivity contribution in [3.8, 4) is 6.07 Å². The highest BCUT2D eigenvalue weighted by Crippen LogP contribution is 2.19. The van der Waals surface area contributed by atoms with E-state index < -0.39 is 0 Å². The number of nitrogens with zero attached hydrogens (tertiary/aromatic N) is 2. The van der Waals surface area contributed by atoms with Crippen LogP contribution in [-0.2, 0) is 4.74 Å². The fourth-order valence-electron chi connectivity index (χ4n) is 2.14. The molecular formula is C14H20N4O. The molecule has 0 atom stereocenters. The monoisotopic (exact) mass is 260 g/mol. The van der Waals surface area contributed by atoms with Crippen molar-refractivity contribution in [1.29, 1.82) is 5.26 Å². The van der Waals surface area contributed by atoms with E-state index in [-0.39, 0.29) is 0 Å². The van der Waals surface area contributed by atoms with E-state index in [1.54, 1.807) is 12.1 Å². The summed E-state index contributed by atoms with van der Waals surface area (Å²) in [5.74, 6) is 0. The standard InChI is InChI=1S/C14H20N4O/c15-11-12-2-3-14(13(16)10-12)17-4-1-5-18-6-8-19-9-7-18/h2-3,10,17H,1,4-9,16H2. The number of nitriles is 1. The number of anilines is 2. The quantitative estimate of drug-likeness (QED) is 0.616. The van der Waals surface area contributed by atoms with E-state index in [1.807, 2.05) is 6.07 Å². The van der Waals surface area contributed by atoms with E-state index in [0.717, 1.165) is 51.5 Å². The average Bonchev–Trinajstić information content (AvgIpc) is 2.46. The number of benzene rings is 1.